The van der Waals surface area contributed by atoms with Crippen molar-refractivity contribution in [3.05, 3.63) is 0 Å². The van der Waals surface area contributed by atoms with Gasteiger partial charge in [0.2, 0.25) is 0 Å². The maximum Gasteiger partial charge on any atom is 0.0471 e. The number of aliphatic hydroxyl groups is 1. The monoisotopic (exact) mass is 229 g/mol. The molecule has 0 aromatic heterocycles. The van der Waals surface area contributed by atoms with Crippen LogP contribution >= 0.6 is 0 Å². The van der Waals surface area contributed by atoms with Crippen molar-refractivity contribution in [2.75, 3.05) is 6.61 Å². The summed E-state index contributed by atoms with van der Waals surface area (Å²) in [7, 11) is 0. The van der Waals surface area contributed by atoms with Crippen molar-refractivity contribution in [3.63, 3.8) is 0 Å². The SMILES string of the molecule is CCCCCCCC(C)NC(C)C(C)CO. The molecular formula is C14H31NO. The minimum Gasteiger partial charge on any atom is -0.396 e. The van der Waals surface area contributed by atoms with E-state index >= 15 is 0 Å². The highest BCUT2D eigenvalue weighted by Gasteiger charge is 2.13. The van der Waals surface area contributed by atoms with Gasteiger partial charge < -0.3 is 10.4 Å². The molecule has 0 saturated heterocycles. The van der Waals surface area contributed by atoms with Crippen molar-refractivity contribution < 1.29 is 5.11 Å². The summed E-state index contributed by atoms with van der Waals surface area (Å²) in [6, 6.07) is 0.987. The highest BCUT2D eigenvalue weighted by Crippen LogP contribution is 2.09. The van der Waals surface area contributed by atoms with Gasteiger partial charge in [0.1, 0.15) is 0 Å². The van der Waals surface area contributed by atoms with Crippen LogP contribution in [-0.4, -0.2) is 23.8 Å². The van der Waals surface area contributed by atoms with Crippen molar-refractivity contribution in [1.82, 2.24) is 5.32 Å². The summed E-state index contributed by atoms with van der Waals surface area (Å²) in [5.74, 6) is 0.350. The van der Waals surface area contributed by atoms with Gasteiger partial charge in [-0.15, -0.1) is 0 Å². The molecule has 3 atom stereocenters. The second-order valence-corrected chi connectivity index (χ2v) is 5.22. The molecule has 0 aromatic carbocycles. The first-order valence-corrected chi connectivity index (χ1v) is 6.98. The van der Waals surface area contributed by atoms with Gasteiger partial charge in [-0.2, -0.15) is 0 Å². The van der Waals surface area contributed by atoms with E-state index in [1.54, 1.807) is 0 Å². The van der Waals surface area contributed by atoms with Crippen molar-refractivity contribution in [2.24, 2.45) is 5.92 Å². The van der Waals surface area contributed by atoms with Crippen LogP contribution in [0.5, 0.6) is 0 Å². The normalized spacial score (nSPS) is 17.1. The lowest BCUT2D eigenvalue weighted by atomic mass is 10.0. The van der Waals surface area contributed by atoms with E-state index in [1.807, 2.05) is 0 Å². The first kappa shape index (κ1) is 15.9. The van der Waals surface area contributed by atoms with E-state index in [4.69, 9.17) is 5.11 Å². The van der Waals surface area contributed by atoms with E-state index in [1.165, 1.54) is 38.5 Å². The smallest absolute Gasteiger partial charge is 0.0471 e. The molecule has 0 aliphatic rings. The van der Waals surface area contributed by atoms with Crippen LogP contribution in [0, 0.1) is 5.92 Å². The van der Waals surface area contributed by atoms with Gasteiger partial charge in [-0.1, -0.05) is 46.0 Å². The fourth-order valence-corrected chi connectivity index (χ4v) is 1.91. The summed E-state index contributed by atoms with van der Waals surface area (Å²) in [4.78, 5) is 0. The highest BCUT2D eigenvalue weighted by atomic mass is 16.3. The number of hydrogen-bond acceptors (Lipinski definition) is 2. The second-order valence-electron chi connectivity index (χ2n) is 5.22. The third kappa shape index (κ3) is 8.12. The van der Waals surface area contributed by atoms with E-state index in [0.29, 0.717) is 18.0 Å². The van der Waals surface area contributed by atoms with Crippen molar-refractivity contribution in [3.8, 4) is 0 Å². The summed E-state index contributed by atoms with van der Waals surface area (Å²) in [6.45, 7) is 9.03. The number of unbranched alkanes of at least 4 members (excludes halogenated alkanes) is 4. The number of hydrogen-bond donors (Lipinski definition) is 2. The van der Waals surface area contributed by atoms with Crippen LogP contribution in [0.25, 0.3) is 0 Å². The van der Waals surface area contributed by atoms with Gasteiger partial charge >= 0.3 is 0 Å². The molecule has 16 heavy (non-hydrogen) atoms. The Balaban J connectivity index is 3.46. The molecule has 0 bridgehead atoms. The van der Waals surface area contributed by atoms with Crippen molar-refractivity contribution in [1.29, 1.82) is 0 Å². The Hall–Kier alpha value is -0.0800. The maximum absolute atomic E-state index is 9.05. The number of aliphatic hydroxyl groups excluding tert-OH is 1. The minimum absolute atomic E-state index is 0.275. The molecule has 2 nitrogen and oxygen atoms in total. The molecule has 0 aliphatic heterocycles. The predicted molar refractivity (Wildman–Crippen MR) is 71.7 cm³/mol. The third-order valence-corrected chi connectivity index (χ3v) is 3.43. The van der Waals surface area contributed by atoms with Crippen LogP contribution in [-0.2, 0) is 0 Å². The topological polar surface area (TPSA) is 32.3 Å². The molecule has 0 saturated carbocycles. The van der Waals surface area contributed by atoms with Crippen LogP contribution in [0.1, 0.15) is 66.2 Å². The van der Waals surface area contributed by atoms with Gasteiger partial charge in [0.05, 0.1) is 0 Å². The van der Waals surface area contributed by atoms with Gasteiger partial charge in [-0.25, -0.2) is 0 Å². The fraction of sp³-hybridized carbons (Fsp3) is 1.00. The Morgan fingerprint density at radius 1 is 1.00 bits per heavy atom. The van der Waals surface area contributed by atoms with Gasteiger partial charge in [-0.3, -0.25) is 0 Å². The molecule has 0 radical (unpaired) electrons. The summed E-state index contributed by atoms with van der Waals surface area (Å²) < 4.78 is 0. The Morgan fingerprint density at radius 3 is 2.19 bits per heavy atom. The zero-order chi connectivity index (χ0) is 12.4. The van der Waals surface area contributed by atoms with Gasteiger partial charge in [0.25, 0.3) is 0 Å². The zero-order valence-corrected chi connectivity index (χ0v) is 11.6. The third-order valence-electron chi connectivity index (χ3n) is 3.43. The predicted octanol–water partition coefficient (Wildman–Crippen LogP) is 3.34. The first-order valence-electron chi connectivity index (χ1n) is 6.98. The number of nitrogens with one attached hydrogen (secondary N) is 1. The summed E-state index contributed by atoms with van der Waals surface area (Å²) >= 11 is 0. The van der Waals surface area contributed by atoms with Gasteiger partial charge in [-0.05, 0) is 26.2 Å². The zero-order valence-electron chi connectivity index (χ0n) is 11.6. The molecule has 0 spiro atoms. The molecule has 2 heteroatoms. The standard InChI is InChI=1S/C14H31NO/c1-5-6-7-8-9-10-13(3)15-14(4)12(2)11-16/h12-16H,5-11H2,1-4H3. The summed E-state index contributed by atoms with van der Waals surface area (Å²) in [5.41, 5.74) is 0. The van der Waals surface area contributed by atoms with Crippen LogP contribution in [0.3, 0.4) is 0 Å². The lowest BCUT2D eigenvalue weighted by Gasteiger charge is -2.24. The van der Waals surface area contributed by atoms with Crippen LogP contribution in [0.2, 0.25) is 0 Å². The Kier molecular flexibility index (Phi) is 10.0. The van der Waals surface area contributed by atoms with Gasteiger partial charge in [0, 0.05) is 18.7 Å². The summed E-state index contributed by atoms with van der Waals surface area (Å²) in [5, 5.41) is 12.6. The maximum atomic E-state index is 9.05. The lowest BCUT2D eigenvalue weighted by Crippen LogP contribution is -2.39. The fourth-order valence-electron chi connectivity index (χ4n) is 1.91. The van der Waals surface area contributed by atoms with Crippen LogP contribution in [0.15, 0.2) is 0 Å². The average Bonchev–Trinajstić information content (AvgIpc) is 2.27. The van der Waals surface area contributed by atoms with E-state index in [2.05, 4.69) is 33.0 Å². The minimum atomic E-state index is 0.275. The molecule has 0 fully saturated rings. The first-order chi connectivity index (χ1) is 7.61. The van der Waals surface area contributed by atoms with Crippen molar-refractivity contribution >= 4 is 0 Å². The van der Waals surface area contributed by atoms with Crippen molar-refractivity contribution in [2.45, 2.75) is 78.3 Å². The number of rotatable bonds is 10. The molecule has 0 rings (SSSR count). The lowest BCUT2D eigenvalue weighted by molar-refractivity contribution is 0.200. The van der Waals surface area contributed by atoms with E-state index in [9.17, 15) is 0 Å². The molecule has 0 aliphatic carbocycles. The Labute approximate surface area is 102 Å². The largest absolute Gasteiger partial charge is 0.396 e. The Bertz CT molecular complexity index is 150. The molecule has 3 unspecified atom stereocenters. The highest BCUT2D eigenvalue weighted by molar-refractivity contribution is 4.72. The average molecular weight is 229 g/mol. The molecule has 98 valence electrons. The quantitative estimate of drug-likeness (QED) is 0.563. The van der Waals surface area contributed by atoms with E-state index in [0.717, 1.165) is 0 Å². The molecule has 2 N–H and O–H groups in total. The molecule has 0 heterocycles. The molecule has 0 aromatic rings. The second kappa shape index (κ2) is 10.1. The van der Waals surface area contributed by atoms with Gasteiger partial charge in [0.15, 0.2) is 0 Å². The summed E-state index contributed by atoms with van der Waals surface area (Å²) in [6.07, 6.45) is 8.02. The Morgan fingerprint density at radius 2 is 1.62 bits per heavy atom. The van der Waals surface area contributed by atoms with Crippen LogP contribution < -0.4 is 5.32 Å². The van der Waals surface area contributed by atoms with Crippen LogP contribution in [0.4, 0.5) is 0 Å². The molecule has 0 amide bonds. The van der Waals surface area contributed by atoms with E-state index in [-0.39, 0.29) is 6.61 Å². The van der Waals surface area contributed by atoms with E-state index < -0.39 is 0 Å². The molecular weight excluding hydrogens is 198 g/mol.